The second-order valence-electron chi connectivity index (χ2n) is 8.35. The highest BCUT2D eigenvalue weighted by Crippen LogP contribution is 2.31. The largest absolute Gasteiger partial charge is 0.391 e. The van der Waals surface area contributed by atoms with Crippen LogP contribution in [-0.2, 0) is 15.8 Å². The van der Waals surface area contributed by atoms with E-state index < -0.39 is 12.1 Å². The molecule has 2 atom stereocenters. The van der Waals surface area contributed by atoms with Gasteiger partial charge in [0, 0.05) is 23.9 Å². The van der Waals surface area contributed by atoms with Gasteiger partial charge in [0.2, 0.25) is 5.91 Å². The molecule has 0 saturated carbocycles. The van der Waals surface area contributed by atoms with Crippen LogP contribution < -0.4 is 5.32 Å². The molecule has 0 saturated heterocycles. The quantitative estimate of drug-likeness (QED) is 0.317. The summed E-state index contributed by atoms with van der Waals surface area (Å²) in [7, 11) is 0. The van der Waals surface area contributed by atoms with Gasteiger partial charge in [-0.2, -0.15) is 0 Å². The number of fused-ring (bicyclic) bond motifs is 1. The van der Waals surface area contributed by atoms with Crippen LogP contribution in [0.1, 0.15) is 45.8 Å². The zero-order valence-electron chi connectivity index (χ0n) is 18.8. The van der Waals surface area contributed by atoms with Gasteiger partial charge in [-0.05, 0) is 31.0 Å². The summed E-state index contributed by atoms with van der Waals surface area (Å²) in [6.45, 7) is 3.82. The number of rotatable bonds is 7. The van der Waals surface area contributed by atoms with Crippen LogP contribution in [0.2, 0.25) is 5.02 Å². The van der Waals surface area contributed by atoms with Crippen molar-refractivity contribution in [2.24, 2.45) is 0 Å². The first-order chi connectivity index (χ1) is 16.3. The Hall–Kier alpha value is -2.56. The third-order valence-electron chi connectivity index (χ3n) is 5.71. The molecule has 7 nitrogen and oxygen atoms in total. The number of carbonyl (C=O) groups is 2. The molecule has 1 aromatic heterocycles. The number of carbonyl (C=O) groups excluding carboxylic acids is 2. The molecule has 2 heterocycles. The molecular formula is C25H24ClIN4O3. The van der Waals surface area contributed by atoms with E-state index in [1.165, 1.54) is 4.90 Å². The van der Waals surface area contributed by atoms with Gasteiger partial charge in [0.15, 0.2) is 0 Å². The second-order valence-corrected chi connectivity index (χ2v) is 9.52. The number of hydrogen-bond acceptors (Lipinski definition) is 5. The first-order valence-corrected chi connectivity index (χ1v) is 12.7. The normalized spacial score (nSPS) is 14.6. The Bertz CT molecular complexity index is 1250. The van der Waals surface area contributed by atoms with E-state index in [4.69, 9.17) is 11.6 Å². The molecule has 0 unspecified atom stereocenters. The number of alkyl halides is 1. The lowest BCUT2D eigenvalue weighted by Crippen LogP contribution is -2.41. The highest BCUT2D eigenvalue weighted by molar-refractivity contribution is 14.1. The van der Waals surface area contributed by atoms with Crippen LogP contribution in [0.3, 0.4) is 0 Å². The van der Waals surface area contributed by atoms with Crippen LogP contribution in [0, 0.1) is 6.92 Å². The number of hydrogen-bond donors (Lipinski definition) is 2. The molecule has 0 aliphatic carbocycles. The minimum absolute atomic E-state index is 0.106. The summed E-state index contributed by atoms with van der Waals surface area (Å²) < 4.78 is 0.644. The van der Waals surface area contributed by atoms with Gasteiger partial charge in [0.25, 0.3) is 5.91 Å². The molecule has 3 aromatic rings. The van der Waals surface area contributed by atoms with Crippen molar-refractivity contribution in [2.75, 3.05) is 6.54 Å². The minimum Gasteiger partial charge on any atom is -0.391 e. The van der Waals surface area contributed by atoms with Gasteiger partial charge in [-0.25, -0.2) is 9.97 Å². The van der Waals surface area contributed by atoms with Crippen LogP contribution in [0.5, 0.6) is 0 Å². The van der Waals surface area contributed by atoms with Crippen molar-refractivity contribution >= 4 is 46.0 Å². The standard InChI is InChI=1S/C25H24ClIN4O3/c1-14-4-3-5-16(8-14)23(15(2)32)30-22(33)13-31-12-18-7-6-17(9-19(18)25(31)34)24-20(26)11-28-21(10-27)29-24/h3-9,11,15,23,32H,10,12-13H2,1-2H3,(H,30,33)/t15-,23+/m0/s1. The van der Waals surface area contributed by atoms with Crippen molar-refractivity contribution in [1.82, 2.24) is 20.2 Å². The van der Waals surface area contributed by atoms with Crippen LogP contribution in [0.25, 0.3) is 11.3 Å². The number of amides is 2. The van der Waals surface area contributed by atoms with E-state index in [9.17, 15) is 14.7 Å². The third-order valence-corrected chi connectivity index (χ3v) is 6.67. The fourth-order valence-corrected chi connectivity index (χ4v) is 4.61. The van der Waals surface area contributed by atoms with Crippen molar-refractivity contribution in [2.45, 2.75) is 37.0 Å². The SMILES string of the molecule is Cc1cccc([C@H](NC(=O)CN2Cc3ccc(-c4nc(CI)ncc4Cl)cc3C2=O)[C@H](C)O)c1. The Morgan fingerprint density at radius 3 is 2.79 bits per heavy atom. The average Bonchev–Trinajstić information content (AvgIpc) is 3.12. The van der Waals surface area contributed by atoms with Crippen molar-refractivity contribution < 1.29 is 14.7 Å². The molecular weight excluding hydrogens is 567 g/mol. The molecule has 176 valence electrons. The first-order valence-electron chi connectivity index (χ1n) is 10.8. The van der Waals surface area contributed by atoms with E-state index in [1.807, 2.05) is 43.3 Å². The fraction of sp³-hybridized carbons (Fsp3) is 0.280. The van der Waals surface area contributed by atoms with E-state index >= 15 is 0 Å². The molecule has 2 N–H and O–H groups in total. The summed E-state index contributed by atoms with van der Waals surface area (Å²) in [5.74, 6) is 0.0983. The number of aryl methyl sites for hydroxylation is 1. The van der Waals surface area contributed by atoms with E-state index in [2.05, 4.69) is 37.9 Å². The third kappa shape index (κ3) is 5.24. The van der Waals surface area contributed by atoms with E-state index in [0.29, 0.717) is 33.1 Å². The van der Waals surface area contributed by atoms with Gasteiger partial charge in [-0.1, -0.05) is 76.2 Å². The molecule has 0 radical (unpaired) electrons. The Labute approximate surface area is 216 Å². The molecule has 9 heteroatoms. The van der Waals surface area contributed by atoms with Crippen molar-refractivity contribution in [3.63, 3.8) is 0 Å². The topological polar surface area (TPSA) is 95.4 Å². The second kappa shape index (κ2) is 10.4. The highest BCUT2D eigenvalue weighted by Gasteiger charge is 2.30. The van der Waals surface area contributed by atoms with Gasteiger partial charge < -0.3 is 15.3 Å². The maximum atomic E-state index is 13.1. The first kappa shape index (κ1) is 24.6. The Morgan fingerprint density at radius 1 is 1.29 bits per heavy atom. The van der Waals surface area contributed by atoms with Gasteiger partial charge in [-0.3, -0.25) is 9.59 Å². The van der Waals surface area contributed by atoms with Gasteiger partial charge in [-0.15, -0.1) is 0 Å². The number of halogens is 2. The summed E-state index contributed by atoms with van der Waals surface area (Å²) in [4.78, 5) is 36.1. The number of aliphatic hydroxyl groups excluding tert-OH is 1. The van der Waals surface area contributed by atoms with Crippen molar-refractivity contribution in [3.8, 4) is 11.3 Å². The Balaban J connectivity index is 1.49. The lowest BCUT2D eigenvalue weighted by atomic mass is 10.0. The molecule has 0 fully saturated rings. The van der Waals surface area contributed by atoms with E-state index in [-0.39, 0.29) is 18.4 Å². The molecule has 1 aliphatic rings. The summed E-state index contributed by atoms with van der Waals surface area (Å²) >= 11 is 8.49. The zero-order chi connectivity index (χ0) is 24.4. The molecule has 34 heavy (non-hydrogen) atoms. The van der Waals surface area contributed by atoms with Crippen molar-refractivity contribution in [1.29, 1.82) is 0 Å². The zero-order valence-corrected chi connectivity index (χ0v) is 21.7. The monoisotopic (exact) mass is 590 g/mol. The summed E-state index contributed by atoms with van der Waals surface area (Å²) in [6.07, 6.45) is 0.779. The molecule has 4 rings (SSSR count). The number of nitrogens with one attached hydrogen (secondary N) is 1. The number of benzene rings is 2. The smallest absolute Gasteiger partial charge is 0.254 e. The lowest BCUT2D eigenvalue weighted by Gasteiger charge is -2.24. The minimum atomic E-state index is -0.787. The van der Waals surface area contributed by atoms with Gasteiger partial charge in [0.1, 0.15) is 12.4 Å². The predicted molar refractivity (Wildman–Crippen MR) is 139 cm³/mol. The number of aliphatic hydroxyl groups is 1. The van der Waals surface area contributed by atoms with Gasteiger partial charge >= 0.3 is 0 Å². The Morgan fingerprint density at radius 2 is 2.09 bits per heavy atom. The Kier molecular flexibility index (Phi) is 7.49. The van der Waals surface area contributed by atoms with Crippen molar-refractivity contribution in [3.05, 3.63) is 81.8 Å². The molecule has 1 aliphatic heterocycles. The summed E-state index contributed by atoms with van der Waals surface area (Å²) in [6, 6.07) is 12.6. The highest BCUT2D eigenvalue weighted by atomic mass is 127. The number of nitrogens with zero attached hydrogens (tertiary/aromatic N) is 3. The fourth-order valence-electron chi connectivity index (χ4n) is 4.05. The van der Waals surface area contributed by atoms with Crippen LogP contribution in [0.15, 0.2) is 48.7 Å². The average molecular weight is 591 g/mol. The van der Waals surface area contributed by atoms with E-state index in [0.717, 1.165) is 22.3 Å². The number of aromatic nitrogens is 2. The lowest BCUT2D eigenvalue weighted by molar-refractivity contribution is -0.123. The molecule has 2 aromatic carbocycles. The van der Waals surface area contributed by atoms with Crippen LogP contribution >= 0.6 is 34.2 Å². The van der Waals surface area contributed by atoms with Gasteiger partial charge in [0.05, 0.1) is 27.3 Å². The van der Waals surface area contributed by atoms with Crippen LogP contribution in [0.4, 0.5) is 0 Å². The molecule has 2 amide bonds. The summed E-state index contributed by atoms with van der Waals surface area (Å²) in [5.41, 5.74) is 4.52. The summed E-state index contributed by atoms with van der Waals surface area (Å²) in [5, 5.41) is 13.5. The predicted octanol–water partition coefficient (Wildman–Crippen LogP) is 4.23. The maximum Gasteiger partial charge on any atom is 0.254 e. The maximum absolute atomic E-state index is 13.1. The van der Waals surface area contributed by atoms with E-state index in [1.54, 1.807) is 19.2 Å². The van der Waals surface area contributed by atoms with Crippen LogP contribution in [-0.4, -0.2) is 44.4 Å². The molecule has 0 spiro atoms. The molecule has 0 bridgehead atoms.